The van der Waals surface area contributed by atoms with E-state index in [1.165, 1.54) is 0 Å². The van der Waals surface area contributed by atoms with E-state index in [2.05, 4.69) is 0 Å². The highest BCUT2D eigenvalue weighted by atomic mass is 16.6. The normalized spacial score (nSPS) is 26.6. The Hall–Kier alpha value is -1.62. The van der Waals surface area contributed by atoms with Gasteiger partial charge in [0.1, 0.15) is 11.9 Å². The van der Waals surface area contributed by atoms with Crippen molar-refractivity contribution in [2.75, 3.05) is 0 Å². The van der Waals surface area contributed by atoms with E-state index in [1.54, 1.807) is 19.1 Å². The molecule has 1 spiro atoms. The fourth-order valence-electron chi connectivity index (χ4n) is 3.83. The molecule has 5 heteroatoms. The molecule has 2 fully saturated rings. The Morgan fingerprint density at radius 3 is 2.52 bits per heavy atom. The molecule has 21 heavy (non-hydrogen) atoms. The van der Waals surface area contributed by atoms with Gasteiger partial charge in [0.2, 0.25) is 0 Å². The highest BCUT2D eigenvalue weighted by molar-refractivity contribution is 5.49. The highest BCUT2D eigenvalue weighted by Crippen LogP contribution is 2.54. The van der Waals surface area contributed by atoms with E-state index in [1.807, 2.05) is 6.92 Å². The molecule has 0 radical (unpaired) electrons. The number of benzene rings is 1. The van der Waals surface area contributed by atoms with Gasteiger partial charge >= 0.3 is 0 Å². The molecule has 5 nitrogen and oxygen atoms in total. The Balaban J connectivity index is 1.83. The minimum Gasteiger partial charge on any atom is -0.489 e. The van der Waals surface area contributed by atoms with Crippen LogP contribution in [0.2, 0.25) is 0 Å². The van der Waals surface area contributed by atoms with Crippen LogP contribution in [0.1, 0.15) is 43.2 Å². The summed E-state index contributed by atoms with van der Waals surface area (Å²) in [5.74, 6) is 0.710. The predicted molar refractivity (Wildman–Crippen MR) is 78.5 cm³/mol. The minimum absolute atomic E-state index is 0.0366. The lowest BCUT2D eigenvalue weighted by Crippen LogP contribution is -2.58. The maximum absolute atomic E-state index is 11.0. The van der Waals surface area contributed by atoms with Crippen molar-refractivity contribution < 1.29 is 14.8 Å². The van der Waals surface area contributed by atoms with Crippen LogP contribution in [0.4, 0.5) is 5.69 Å². The number of aliphatic hydroxyl groups is 1. The van der Waals surface area contributed by atoms with Gasteiger partial charge in [0, 0.05) is 23.5 Å². The van der Waals surface area contributed by atoms with Gasteiger partial charge < -0.3 is 9.84 Å². The van der Waals surface area contributed by atoms with Gasteiger partial charge in [-0.3, -0.25) is 10.1 Å². The van der Waals surface area contributed by atoms with Crippen LogP contribution in [0.25, 0.3) is 0 Å². The minimum atomic E-state index is -0.363. The summed E-state index contributed by atoms with van der Waals surface area (Å²) in [6.07, 6.45) is 4.77. The number of hydrogen-bond acceptors (Lipinski definition) is 4. The summed E-state index contributed by atoms with van der Waals surface area (Å²) in [6.45, 7) is 3.56. The van der Waals surface area contributed by atoms with Gasteiger partial charge in [-0.05, 0) is 38.3 Å². The predicted octanol–water partition coefficient (Wildman–Crippen LogP) is 3.28. The quantitative estimate of drug-likeness (QED) is 0.685. The molecule has 0 aromatic heterocycles. The second kappa shape index (κ2) is 4.98. The zero-order valence-electron chi connectivity index (χ0n) is 12.5. The first kappa shape index (κ1) is 14.3. The fourth-order valence-corrected chi connectivity index (χ4v) is 3.83. The average Bonchev–Trinajstić information content (AvgIpc) is 2.94. The van der Waals surface area contributed by atoms with Gasteiger partial charge in [-0.25, -0.2) is 0 Å². The van der Waals surface area contributed by atoms with Gasteiger partial charge in [-0.1, -0.05) is 12.8 Å². The first-order chi connectivity index (χ1) is 9.94. The standard InChI is InChI=1S/C16H21NO4/c1-10-8-13(11(2)7-12(10)17(19)20)21-15-9-14(18)16(15)5-3-4-6-16/h7-8,14-15,18H,3-6,9H2,1-2H3. The maximum atomic E-state index is 11.0. The summed E-state index contributed by atoms with van der Waals surface area (Å²) in [4.78, 5) is 10.6. The molecule has 114 valence electrons. The highest BCUT2D eigenvalue weighted by Gasteiger charge is 2.57. The molecule has 2 saturated carbocycles. The first-order valence-corrected chi connectivity index (χ1v) is 7.54. The van der Waals surface area contributed by atoms with Gasteiger partial charge in [-0.15, -0.1) is 0 Å². The summed E-state index contributed by atoms with van der Waals surface area (Å²) in [5, 5.41) is 21.1. The maximum Gasteiger partial charge on any atom is 0.272 e. The van der Waals surface area contributed by atoms with Crippen molar-refractivity contribution in [1.29, 1.82) is 0 Å². The molecular weight excluding hydrogens is 270 g/mol. The van der Waals surface area contributed by atoms with Crippen molar-refractivity contribution in [2.45, 2.75) is 58.2 Å². The van der Waals surface area contributed by atoms with E-state index in [4.69, 9.17) is 4.74 Å². The lowest BCUT2D eigenvalue weighted by molar-refractivity contribution is -0.385. The first-order valence-electron chi connectivity index (χ1n) is 7.54. The Morgan fingerprint density at radius 1 is 1.29 bits per heavy atom. The number of nitrogens with zero attached hydrogens (tertiary/aromatic N) is 1. The molecule has 0 heterocycles. The second-order valence-corrected chi connectivity index (χ2v) is 6.46. The monoisotopic (exact) mass is 291 g/mol. The van der Waals surface area contributed by atoms with Crippen molar-refractivity contribution in [3.8, 4) is 5.75 Å². The van der Waals surface area contributed by atoms with Crippen molar-refractivity contribution in [3.05, 3.63) is 33.4 Å². The van der Waals surface area contributed by atoms with Crippen molar-refractivity contribution in [2.24, 2.45) is 5.41 Å². The van der Waals surface area contributed by atoms with Crippen LogP contribution in [0.5, 0.6) is 5.75 Å². The third kappa shape index (κ3) is 2.20. The number of aryl methyl sites for hydroxylation is 2. The van der Waals surface area contributed by atoms with Gasteiger partial charge in [-0.2, -0.15) is 0 Å². The average molecular weight is 291 g/mol. The van der Waals surface area contributed by atoms with Crippen LogP contribution in [0, 0.1) is 29.4 Å². The number of nitro benzene ring substituents is 1. The van der Waals surface area contributed by atoms with Crippen molar-refractivity contribution in [3.63, 3.8) is 0 Å². The number of nitro groups is 1. The van der Waals surface area contributed by atoms with E-state index in [9.17, 15) is 15.2 Å². The zero-order chi connectivity index (χ0) is 15.2. The summed E-state index contributed by atoms with van der Waals surface area (Å²) >= 11 is 0. The zero-order valence-corrected chi connectivity index (χ0v) is 12.5. The number of hydrogen-bond donors (Lipinski definition) is 1. The Bertz CT molecular complexity index is 578. The van der Waals surface area contributed by atoms with Crippen molar-refractivity contribution >= 4 is 5.69 Å². The van der Waals surface area contributed by atoms with Crippen LogP contribution in [0.3, 0.4) is 0 Å². The summed E-state index contributed by atoms with van der Waals surface area (Å²) in [5.41, 5.74) is 1.44. The van der Waals surface area contributed by atoms with Gasteiger partial charge in [0.05, 0.1) is 11.0 Å². The number of aliphatic hydroxyl groups excluding tert-OH is 1. The van der Waals surface area contributed by atoms with E-state index in [-0.39, 0.29) is 28.2 Å². The SMILES string of the molecule is Cc1cc([N+](=O)[O-])c(C)cc1OC1CC(O)C12CCCC2. The lowest BCUT2D eigenvalue weighted by atomic mass is 9.62. The largest absolute Gasteiger partial charge is 0.489 e. The van der Waals surface area contributed by atoms with Gasteiger partial charge in [0.25, 0.3) is 5.69 Å². The van der Waals surface area contributed by atoms with E-state index in [0.29, 0.717) is 17.7 Å². The topological polar surface area (TPSA) is 72.6 Å². The third-order valence-electron chi connectivity index (χ3n) is 5.24. The molecule has 2 aliphatic carbocycles. The molecule has 0 aliphatic heterocycles. The van der Waals surface area contributed by atoms with E-state index >= 15 is 0 Å². The molecule has 2 unspecified atom stereocenters. The van der Waals surface area contributed by atoms with Crippen LogP contribution in [-0.4, -0.2) is 22.2 Å². The molecular formula is C16H21NO4. The van der Waals surface area contributed by atoms with Crippen LogP contribution >= 0.6 is 0 Å². The number of ether oxygens (including phenoxy) is 1. The summed E-state index contributed by atoms with van der Waals surface area (Å²) in [6, 6.07) is 3.32. The molecule has 2 aliphatic rings. The van der Waals surface area contributed by atoms with Gasteiger partial charge in [0.15, 0.2) is 0 Å². The fraction of sp³-hybridized carbons (Fsp3) is 0.625. The Morgan fingerprint density at radius 2 is 1.95 bits per heavy atom. The molecule has 0 saturated heterocycles. The molecule has 0 amide bonds. The van der Waals surface area contributed by atoms with Crippen LogP contribution < -0.4 is 4.74 Å². The lowest BCUT2D eigenvalue weighted by Gasteiger charge is -2.51. The molecule has 1 aromatic carbocycles. The van der Waals surface area contributed by atoms with E-state index < -0.39 is 0 Å². The third-order valence-corrected chi connectivity index (χ3v) is 5.24. The summed E-state index contributed by atoms with van der Waals surface area (Å²) in [7, 11) is 0. The molecule has 1 N–H and O–H groups in total. The molecule has 1 aromatic rings. The molecule has 2 atom stereocenters. The Labute approximate surface area is 124 Å². The molecule has 3 rings (SSSR count). The van der Waals surface area contributed by atoms with Crippen LogP contribution in [0.15, 0.2) is 12.1 Å². The smallest absolute Gasteiger partial charge is 0.272 e. The molecule has 0 bridgehead atoms. The summed E-state index contributed by atoms with van der Waals surface area (Å²) < 4.78 is 6.12. The number of rotatable bonds is 3. The van der Waals surface area contributed by atoms with Crippen molar-refractivity contribution in [1.82, 2.24) is 0 Å². The van der Waals surface area contributed by atoms with E-state index in [0.717, 1.165) is 31.2 Å². The second-order valence-electron chi connectivity index (χ2n) is 6.46. The van der Waals surface area contributed by atoms with Crippen LogP contribution in [-0.2, 0) is 0 Å². The Kier molecular flexibility index (Phi) is 3.40.